The first-order valence-electron chi connectivity index (χ1n) is 2.90. The number of nitrogens with two attached hydrogens (primary N) is 1. The summed E-state index contributed by atoms with van der Waals surface area (Å²) in [4.78, 5) is 0. The van der Waals surface area contributed by atoms with Crippen LogP contribution in [0.4, 0.5) is 5.13 Å². The molecule has 1 rings (SSSR count). The molecule has 0 saturated heterocycles. The van der Waals surface area contributed by atoms with E-state index in [1.54, 1.807) is 0 Å². The molecule has 0 aromatic carbocycles. The van der Waals surface area contributed by atoms with Crippen molar-refractivity contribution >= 4 is 16.5 Å². The Bertz CT molecular complexity index is 184. The second kappa shape index (κ2) is 2.77. The Morgan fingerprint density at radius 2 is 2.33 bits per heavy atom. The summed E-state index contributed by atoms with van der Waals surface area (Å²) < 4.78 is 0. The van der Waals surface area contributed by atoms with Crippen LogP contribution in [0.25, 0.3) is 0 Å². The summed E-state index contributed by atoms with van der Waals surface area (Å²) in [6.07, 6.45) is 2.10. The summed E-state index contributed by atoms with van der Waals surface area (Å²) in [7, 11) is 0. The lowest BCUT2D eigenvalue weighted by atomic mass is 10.4. The highest BCUT2D eigenvalue weighted by atomic mass is 32.1. The second-order valence-electron chi connectivity index (χ2n) is 1.78. The molecule has 0 radical (unpaired) electrons. The lowest BCUT2D eigenvalue weighted by Gasteiger charge is -1.82. The Morgan fingerprint density at radius 1 is 1.56 bits per heavy atom. The lowest BCUT2D eigenvalue weighted by Crippen LogP contribution is -1.81. The third-order valence-electron chi connectivity index (χ3n) is 0.946. The number of hydrogen-bond donors (Lipinski definition) is 1. The summed E-state index contributed by atoms with van der Waals surface area (Å²) >= 11 is 1.47. The zero-order valence-corrected chi connectivity index (χ0v) is 6.11. The molecule has 0 bridgehead atoms. The molecule has 0 fully saturated rings. The molecule has 2 N–H and O–H groups in total. The van der Waals surface area contributed by atoms with Gasteiger partial charge in [-0.25, -0.2) is 0 Å². The van der Waals surface area contributed by atoms with E-state index in [-0.39, 0.29) is 0 Å². The Labute approximate surface area is 57.9 Å². The quantitative estimate of drug-likeness (QED) is 0.673. The fourth-order valence-electron chi connectivity index (χ4n) is 0.581. The SMILES string of the molecule is CCCc1nnc(N)s1. The lowest BCUT2D eigenvalue weighted by molar-refractivity contribution is 0.879. The van der Waals surface area contributed by atoms with E-state index in [2.05, 4.69) is 17.1 Å². The Balaban J connectivity index is 2.61. The largest absolute Gasteiger partial charge is 0.374 e. The minimum atomic E-state index is 0.568. The van der Waals surface area contributed by atoms with Crippen LogP contribution in [0, 0.1) is 0 Å². The van der Waals surface area contributed by atoms with E-state index in [1.807, 2.05) is 0 Å². The number of nitrogen functional groups attached to an aromatic ring is 1. The van der Waals surface area contributed by atoms with Gasteiger partial charge in [-0.1, -0.05) is 18.3 Å². The molecule has 1 heterocycles. The number of nitrogens with zero attached hydrogens (tertiary/aromatic N) is 2. The molecule has 0 amide bonds. The van der Waals surface area contributed by atoms with Crippen molar-refractivity contribution in [2.45, 2.75) is 19.8 Å². The topological polar surface area (TPSA) is 51.8 Å². The predicted octanol–water partition coefficient (Wildman–Crippen LogP) is 1.07. The van der Waals surface area contributed by atoms with Gasteiger partial charge in [-0.15, -0.1) is 10.2 Å². The summed E-state index contributed by atoms with van der Waals surface area (Å²) in [5, 5.41) is 9.14. The molecule has 1 aromatic rings. The minimum Gasteiger partial charge on any atom is -0.374 e. The van der Waals surface area contributed by atoms with E-state index < -0.39 is 0 Å². The van der Waals surface area contributed by atoms with Crippen LogP contribution in [0.15, 0.2) is 0 Å². The van der Waals surface area contributed by atoms with Gasteiger partial charge in [0.15, 0.2) is 0 Å². The van der Waals surface area contributed by atoms with E-state index in [0.717, 1.165) is 17.8 Å². The summed E-state index contributed by atoms with van der Waals surface area (Å²) in [5.41, 5.74) is 5.35. The average Bonchev–Trinajstić information content (AvgIpc) is 2.17. The smallest absolute Gasteiger partial charge is 0.203 e. The summed E-state index contributed by atoms with van der Waals surface area (Å²) in [6, 6.07) is 0. The minimum absolute atomic E-state index is 0.568. The maximum Gasteiger partial charge on any atom is 0.203 e. The molecule has 3 nitrogen and oxygen atoms in total. The van der Waals surface area contributed by atoms with Crippen LogP contribution in [0.1, 0.15) is 18.4 Å². The number of hydrogen-bond acceptors (Lipinski definition) is 4. The van der Waals surface area contributed by atoms with Crippen LogP contribution in [-0.4, -0.2) is 10.2 Å². The molecular weight excluding hydrogens is 134 g/mol. The molecule has 1 aromatic heterocycles. The van der Waals surface area contributed by atoms with Gasteiger partial charge in [-0.05, 0) is 6.42 Å². The van der Waals surface area contributed by atoms with Gasteiger partial charge >= 0.3 is 0 Å². The molecule has 0 unspecified atom stereocenters. The van der Waals surface area contributed by atoms with Crippen molar-refractivity contribution in [3.8, 4) is 0 Å². The van der Waals surface area contributed by atoms with E-state index in [9.17, 15) is 0 Å². The van der Waals surface area contributed by atoms with Crippen LogP contribution < -0.4 is 5.73 Å². The van der Waals surface area contributed by atoms with Gasteiger partial charge in [-0.3, -0.25) is 0 Å². The van der Waals surface area contributed by atoms with Gasteiger partial charge in [0.2, 0.25) is 5.13 Å². The zero-order valence-electron chi connectivity index (χ0n) is 5.29. The van der Waals surface area contributed by atoms with Crippen molar-refractivity contribution < 1.29 is 0 Å². The monoisotopic (exact) mass is 143 g/mol. The number of rotatable bonds is 2. The third-order valence-corrected chi connectivity index (χ3v) is 1.76. The maximum absolute atomic E-state index is 5.35. The number of anilines is 1. The van der Waals surface area contributed by atoms with Gasteiger partial charge in [0.05, 0.1) is 0 Å². The van der Waals surface area contributed by atoms with Crippen molar-refractivity contribution in [2.75, 3.05) is 5.73 Å². The molecule has 4 heteroatoms. The second-order valence-corrected chi connectivity index (χ2v) is 2.88. The molecule has 0 spiro atoms. The van der Waals surface area contributed by atoms with E-state index in [0.29, 0.717) is 5.13 Å². The van der Waals surface area contributed by atoms with Crippen LogP contribution >= 0.6 is 11.3 Å². The first-order valence-corrected chi connectivity index (χ1v) is 3.72. The predicted molar refractivity (Wildman–Crippen MR) is 38.3 cm³/mol. The number of aromatic nitrogens is 2. The van der Waals surface area contributed by atoms with Crippen LogP contribution in [0.5, 0.6) is 0 Å². The van der Waals surface area contributed by atoms with Crippen molar-refractivity contribution in [1.82, 2.24) is 10.2 Å². The Kier molecular flexibility index (Phi) is 2.00. The van der Waals surface area contributed by atoms with Crippen molar-refractivity contribution in [3.63, 3.8) is 0 Å². The van der Waals surface area contributed by atoms with Gasteiger partial charge in [0, 0.05) is 6.42 Å². The van der Waals surface area contributed by atoms with Crippen molar-refractivity contribution in [2.24, 2.45) is 0 Å². The van der Waals surface area contributed by atoms with E-state index in [1.165, 1.54) is 11.3 Å². The van der Waals surface area contributed by atoms with E-state index >= 15 is 0 Å². The van der Waals surface area contributed by atoms with Crippen LogP contribution in [0.2, 0.25) is 0 Å². The molecule has 0 aliphatic rings. The van der Waals surface area contributed by atoms with Gasteiger partial charge in [0.1, 0.15) is 5.01 Å². The summed E-state index contributed by atoms with van der Waals surface area (Å²) in [6.45, 7) is 2.11. The fraction of sp³-hybridized carbons (Fsp3) is 0.600. The van der Waals surface area contributed by atoms with Gasteiger partial charge < -0.3 is 5.73 Å². The molecule has 0 aliphatic carbocycles. The first-order chi connectivity index (χ1) is 4.33. The maximum atomic E-state index is 5.35. The average molecular weight is 143 g/mol. The standard InChI is InChI=1S/C5H9N3S/c1-2-3-4-7-8-5(6)9-4/h2-3H2,1H3,(H2,6,8). The first kappa shape index (κ1) is 6.48. The fourth-order valence-corrected chi connectivity index (χ4v) is 1.29. The molecule has 50 valence electrons. The summed E-state index contributed by atoms with van der Waals surface area (Å²) in [5.74, 6) is 0. The van der Waals surface area contributed by atoms with Gasteiger partial charge in [-0.2, -0.15) is 0 Å². The highest BCUT2D eigenvalue weighted by Crippen LogP contribution is 2.11. The highest BCUT2D eigenvalue weighted by Gasteiger charge is 1.96. The highest BCUT2D eigenvalue weighted by molar-refractivity contribution is 7.15. The van der Waals surface area contributed by atoms with Crippen LogP contribution in [0.3, 0.4) is 0 Å². The molecule has 0 saturated carbocycles. The van der Waals surface area contributed by atoms with E-state index in [4.69, 9.17) is 5.73 Å². The Hall–Kier alpha value is -0.640. The van der Waals surface area contributed by atoms with Gasteiger partial charge in [0.25, 0.3) is 0 Å². The molecule has 0 aliphatic heterocycles. The zero-order chi connectivity index (χ0) is 6.69. The number of aryl methyl sites for hydroxylation is 1. The molecule has 0 atom stereocenters. The normalized spacial score (nSPS) is 9.89. The van der Waals surface area contributed by atoms with Crippen LogP contribution in [-0.2, 0) is 6.42 Å². The Morgan fingerprint density at radius 3 is 2.78 bits per heavy atom. The third kappa shape index (κ3) is 1.64. The van der Waals surface area contributed by atoms with Crippen molar-refractivity contribution in [1.29, 1.82) is 0 Å². The molecular formula is C5H9N3S. The molecule has 9 heavy (non-hydrogen) atoms. The van der Waals surface area contributed by atoms with Crippen molar-refractivity contribution in [3.05, 3.63) is 5.01 Å².